The first-order chi connectivity index (χ1) is 15.9. The number of rotatable bonds is 7. The molecule has 11 heteroatoms. The second-order valence-corrected chi connectivity index (χ2v) is 9.14. The van der Waals surface area contributed by atoms with Gasteiger partial charge in [-0.2, -0.15) is 4.52 Å². The number of carbonyl (C=O) groups excluding carboxylic acids is 2. The van der Waals surface area contributed by atoms with Crippen LogP contribution in [0.3, 0.4) is 0 Å². The number of amides is 1. The molecular formula is C23H30N6O5. The first-order valence-corrected chi connectivity index (χ1v) is 10.7. The Balaban J connectivity index is 1.95. The second-order valence-electron chi connectivity index (χ2n) is 9.14. The van der Waals surface area contributed by atoms with Crippen molar-refractivity contribution in [2.75, 3.05) is 27.3 Å². The molecule has 0 saturated heterocycles. The lowest BCUT2D eigenvalue weighted by molar-refractivity contribution is 0.0965. The van der Waals surface area contributed by atoms with Crippen molar-refractivity contribution >= 4 is 17.5 Å². The van der Waals surface area contributed by atoms with Crippen LogP contribution in [0.15, 0.2) is 24.3 Å². The zero-order valence-corrected chi connectivity index (χ0v) is 20.2. The minimum Gasteiger partial charge on any atom is -0.491 e. The summed E-state index contributed by atoms with van der Waals surface area (Å²) >= 11 is 0. The fourth-order valence-electron chi connectivity index (χ4n) is 3.14. The molecule has 3 rings (SSSR count). The molecule has 0 fully saturated rings. The summed E-state index contributed by atoms with van der Waals surface area (Å²) in [5, 5.41) is 26.1. The van der Waals surface area contributed by atoms with Crippen molar-refractivity contribution in [3.05, 3.63) is 46.6 Å². The lowest BCUT2D eigenvalue weighted by Gasteiger charge is -2.21. The van der Waals surface area contributed by atoms with Crippen molar-refractivity contribution in [2.24, 2.45) is 0 Å². The zero-order chi connectivity index (χ0) is 25.2. The van der Waals surface area contributed by atoms with Crippen LogP contribution in [0, 0.1) is 12.3 Å². The Morgan fingerprint density at radius 2 is 1.85 bits per heavy atom. The van der Waals surface area contributed by atoms with Crippen molar-refractivity contribution < 1.29 is 24.2 Å². The molecule has 2 aromatic heterocycles. The summed E-state index contributed by atoms with van der Waals surface area (Å²) in [5.74, 6) is 0.246. The molecule has 2 N–H and O–H groups in total. The van der Waals surface area contributed by atoms with E-state index in [-0.39, 0.29) is 42.5 Å². The molecule has 0 aliphatic rings. The van der Waals surface area contributed by atoms with Crippen LogP contribution in [-0.2, 0) is 12.0 Å². The monoisotopic (exact) mass is 470 g/mol. The van der Waals surface area contributed by atoms with E-state index in [1.807, 2.05) is 26.8 Å². The number of aryl methyl sites for hydroxylation is 1. The van der Waals surface area contributed by atoms with E-state index in [0.29, 0.717) is 22.5 Å². The molecule has 0 bridgehead atoms. The standard InChI is InChI=1S/C23H30N6O5/c1-14-9-19(34-22(32)27(5)6)25-29-20(14)26-28(21(29)24)13-18(31)15-10-16(23(2,3)4)12-17(11-15)33-8-7-30/h9-12,24,30H,7-8,13H2,1-6H3. The molecule has 1 aromatic carbocycles. The molecule has 1 amide bonds. The molecule has 0 unspecified atom stereocenters. The Labute approximate surface area is 197 Å². The molecule has 182 valence electrons. The van der Waals surface area contributed by atoms with E-state index in [0.717, 1.165) is 5.56 Å². The lowest BCUT2D eigenvalue weighted by Crippen LogP contribution is -2.28. The average Bonchev–Trinajstić information content (AvgIpc) is 3.07. The van der Waals surface area contributed by atoms with Crippen LogP contribution < -0.4 is 15.1 Å². The third kappa shape index (κ3) is 5.42. The Kier molecular flexibility index (Phi) is 7.06. The molecule has 34 heavy (non-hydrogen) atoms. The van der Waals surface area contributed by atoms with Crippen LogP contribution in [0.25, 0.3) is 5.65 Å². The molecule has 0 saturated carbocycles. The van der Waals surface area contributed by atoms with Crippen molar-refractivity contribution in [3.8, 4) is 11.6 Å². The molecule has 3 aromatic rings. The molecule has 11 nitrogen and oxygen atoms in total. The smallest absolute Gasteiger partial charge is 0.416 e. The lowest BCUT2D eigenvalue weighted by atomic mass is 9.85. The summed E-state index contributed by atoms with van der Waals surface area (Å²) in [6, 6.07) is 6.82. The van der Waals surface area contributed by atoms with Gasteiger partial charge >= 0.3 is 6.09 Å². The van der Waals surface area contributed by atoms with Crippen molar-refractivity contribution in [1.82, 2.24) is 24.3 Å². The van der Waals surface area contributed by atoms with Gasteiger partial charge in [-0.05, 0) is 36.1 Å². The predicted octanol–water partition coefficient (Wildman–Crippen LogP) is 1.93. The summed E-state index contributed by atoms with van der Waals surface area (Å²) in [6.45, 7) is 7.62. The number of hydrogen-bond donors (Lipinski definition) is 2. The molecule has 2 heterocycles. The zero-order valence-electron chi connectivity index (χ0n) is 20.2. The van der Waals surface area contributed by atoms with Gasteiger partial charge in [0.05, 0.1) is 6.61 Å². The van der Waals surface area contributed by atoms with Crippen molar-refractivity contribution in [3.63, 3.8) is 0 Å². The van der Waals surface area contributed by atoms with Crippen LogP contribution >= 0.6 is 0 Å². The van der Waals surface area contributed by atoms with Gasteiger partial charge in [-0.15, -0.1) is 10.2 Å². The molecular weight excluding hydrogens is 440 g/mol. The van der Waals surface area contributed by atoms with Gasteiger partial charge < -0.3 is 19.5 Å². The van der Waals surface area contributed by atoms with Gasteiger partial charge in [0, 0.05) is 31.3 Å². The van der Waals surface area contributed by atoms with Crippen LogP contribution in [-0.4, -0.2) is 68.6 Å². The van der Waals surface area contributed by atoms with E-state index in [9.17, 15) is 9.59 Å². The van der Waals surface area contributed by atoms with Crippen LogP contribution in [0.2, 0.25) is 0 Å². The topological polar surface area (TPSA) is 135 Å². The maximum absolute atomic E-state index is 13.2. The largest absolute Gasteiger partial charge is 0.491 e. The highest BCUT2D eigenvalue weighted by Gasteiger charge is 2.20. The minimum absolute atomic E-state index is 0.0247. The van der Waals surface area contributed by atoms with Crippen LogP contribution in [0.5, 0.6) is 11.6 Å². The van der Waals surface area contributed by atoms with E-state index < -0.39 is 6.09 Å². The van der Waals surface area contributed by atoms with Gasteiger partial charge in [-0.25, -0.2) is 9.48 Å². The van der Waals surface area contributed by atoms with E-state index in [1.165, 1.54) is 14.1 Å². The second kappa shape index (κ2) is 9.64. The van der Waals surface area contributed by atoms with Gasteiger partial charge in [0.25, 0.3) is 0 Å². The third-order valence-corrected chi connectivity index (χ3v) is 5.06. The normalized spacial score (nSPS) is 11.5. The fraction of sp³-hybridized carbons (Fsp3) is 0.435. The number of aliphatic hydroxyl groups excluding tert-OH is 1. The number of aromatic nitrogens is 4. The summed E-state index contributed by atoms with van der Waals surface area (Å²) in [4.78, 5) is 26.3. The molecule has 0 atom stereocenters. The molecule has 0 spiro atoms. The van der Waals surface area contributed by atoms with Gasteiger partial charge in [0.15, 0.2) is 11.4 Å². The summed E-state index contributed by atoms with van der Waals surface area (Å²) < 4.78 is 13.2. The van der Waals surface area contributed by atoms with Gasteiger partial charge in [0.2, 0.25) is 11.5 Å². The van der Waals surface area contributed by atoms with E-state index in [4.69, 9.17) is 20.0 Å². The van der Waals surface area contributed by atoms with E-state index in [2.05, 4.69) is 10.2 Å². The number of benzene rings is 1. The summed E-state index contributed by atoms with van der Waals surface area (Å²) in [6.07, 6.45) is -0.598. The first kappa shape index (κ1) is 24.9. The third-order valence-electron chi connectivity index (χ3n) is 5.06. The maximum Gasteiger partial charge on any atom is 0.416 e. The van der Waals surface area contributed by atoms with Gasteiger partial charge in [-0.3, -0.25) is 10.2 Å². The predicted molar refractivity (Wildman–Crippen MR) is 123 cm³/mol. The maximum atomic E-state index is 13.2. The van der Waals surface area contributed by atoms with Crippen molar-refractivity contribution in [1.29, 1.82) is 5.41 Å². The number of Topliss-reactive ketones (excluding diaryl/α,β-unsaturated/α-hetero) is 1. The number of carbonyl (C=O) groups is 2. The van der Waals surface area contributed by atoms with Crippen LogP contribution in [0.1, 0.15) is 42.3 Å². The Bertz CT molecular complexity index is 1290. The highest BCUT2D eigenvalue weighted by Crippen LogP contribution is 2.28. The summed E-state index contributed by atoms with van der Waals surface area (Å²) in [5.41, 5.74) is 1.95. The number of hydrogen-bond acceptors (Lipinski definition) is 8. The fourth-order valence-corrected chi connectivity index (χ4v) is 3.14. The minimum atomic E-state index is -0.598. The molecule has 0 radical (unpaired) electrons. The number of ketones is 1. The van der Waals surface area contributed by atoms with E-state index >= 15 is 0 Å². The van der Waals surface area contributed by atoms with E-state index in [1.54, 1.807) is 39.2 Å². The summed E-state index contributed by atoms with van der Waals surface area (Å²) in [7, 11) is 3.10. The Morgan fingerprint density at radius 1 is 1.15 bits per heavy atom. The highest BCUT2D eigenvalue weighted by atomic mass is 16.6. The van der Waals surface area contributed by atoms with Crippen LogP contribution in [0.4, 0.5) is 4.79 Å². The number of ether oxygens (including phenoxy) is 2. The van der Waals surface area contributed by atoms with Gasteiger partial charge in [-0.1, -0.05) is 20.8 Å². The highest BCUT2D eigenvalue weighted by molar-refractivity contribution is 5.96. The average molecular weight is 471 g/mol. The number of nitrogens with one attached hydrogen (secondary N) is 1. The Morgan fingerprint density at radius 3 is 2.47 bits per heavy atom. The molecule has 0 aliphatic heterocycles. The number of aliphatic hydroxyl groups is 1. The molecule has 0 aliphatic carbocycles. The first-order valence-electron chi connectivity index (χ1n) is 10.7. The van der Waals surface area contributed by atoms with Crippen molar-refractivity contribution in [2.45, 2.75) is 39.7 Å². The number of fused-ring (bicyclic) bond motifs is 1. The Hall–Kier alpha value is -3.73. The quantitative estimate of drug-likeness (QED) is 0.504. The SMILES string of the molecule is Cc1cc(OC(=O)N(C)C)nn2c(=N)n(CC(=O)c3cc(OCCO)cc(C(C)(C)C)c3)nc12. The number of nitrogens with zero attached hydrogens (tertiary/aromatic N) is 5. The van der Waals surface area contributed by atoms with Gasteiger partial charge in [0.1, 0.15) is 18.9 Å².